The smallest absolute Gasteiger partial charge is 0.251 e. The predicted molar refractivity (Wildman–Crippen MR) is 73.7 cm³/mol. The number of aryl methyl sites for hydroxylation is 1. The van der Waals surface area contributed by atoms with Gasteiger partial charge in [0.25, 0.3) is 5.91 Å². The summed E-state index contributed by atoms with van der Waals surface area (Å²) >= 11 is 0. The highest BCUT2D eigenvalue weighted by Crippen LogP contribution is 2.15. The molecular weight excluding hydrogens is 243 g/mol. The molecule has 1 aromatic carbocycles. The summed E-state index contributed by atoms with van der Waals surface area (Å²) in [6, 6.07) is 4.27. The molecule has 1 aromatic rings. The summed E-state index contributed by atoms with van der Waals surface area (Å²) in [5.41, 5.74) is 1.24. The fourth-order valence-electron chi connectivity index (χ4n) is 2.58. The zero-order valence-corrected chi connectivity index (χ0v) is 11.6. The van der Waals surface area contributed by atoms with E-state index in [1.165, 1.54) is 12.1 Å². The maximum absolute atomic E-state index is 13.0. The third kappa shape index (κ3) is 3.53. The Kier molecular flexibility index (Phi) is 4.53. The number of carbonyl (C=O) groups excluding carboxylic acids is 1. The highest BCUT2D eigenvalue weighted by molar-refractivity contribution is 5.95. The van der Waals surface area contributed by atoms with Crippen LogP contribution in [0.1, 0.15) is 29.3 Å². The predicted octanol–water partition coefficient (Wildman–Crippen LogP) is 2.21. The van der Waals surface area contributed by atoms with E-state index in [-0.39, 0.29) is 11.7 Å². The molecule has 0 bridgehead atoms. The van der Waals surface area contributed by atoms with Gasteiger partial charge in [-0.2, -0.15) is 0 Å². The normalized spacial score (nSPS) is 19.6. The summed E-state index contributed by atoms with van der Waals surface area (Å²) < 4.78 is 13.0. The van der Waals surface area contributed by atoms with Crippen molar-refractivity contribution in [2.45, 2.75) is 20.3 Å². The maximum atomic E-state index is 13.0. The second-order valence-corrected chi connectivity index (χ2v) is 5.22. The van der Waals surface area contributed by atoms with E-state index in [4.69, 9.17) is 0 Å². The first kappa shape index (κ1) is 14.0. The Labute approximate surface area is 113 Å². The fraction of sp³-hybridized carbons (Fsp3) is 0.533. The van der Waals surface area contributed by atoms with Crippen LogP contribution in [0.3, 0.4) is 0 Å². The van der Waals surface area contributed by atoms with Crippen LogP contribution in [-0.2, 0) is 0 Å². The number of hydrogen-bond donors (Lipinski definition) is 1. The lowest BCUT2D eigenvalue weighted by atomic mass is 10.1. The van der Waals surface area contributed by atoms with Crippen molar-refractivity contribution >= 4 is 5.91 Å². The molecule has 1 unspecified atom stereocenters. The average Bonchev–Trinajstić information content (AvgIpc) is 2.84. The number of amides is 1. The van der Waals surface area contributed by atoms with E-state index in [0.29, 0.717) is 23.6 Å². The third-order valence-electron chi connectivity index (χ3n) is 3.80. The van der Waals surface area contributed by atoms with E-state index < -0.39 is 0 Å². The lowest BCUT2D eigenvalue weighted by molar-refractivity contribution is 0.0947. The minimum Gasteiger partial charge on any atom is -0.352 e. The molecule has 2 rings (SSSR count). The van der Waals surface area contributed by atoms with Crippen LogP contribution in [0.2, 0.25) is 0 Å². The molecule has 1 aliphatic rings. The Morgan fingerprint density at radius 3 is 2.95 bits per heavy atom. The first-order valence-electron chi connectivity index (χ1n) is 6.87. The van der Waals surface area contributed by atoms with E-state index in [1.54, 1.807) is 13.0 Å². The van der Waals surface area contributed by atoms with Crippen LogP contribution in [0.5, 0.6) is 0 Å². The number of nitrogens with one attached hydrogen (secondary N) is 1. The molecular formula is C15H21FN2O. The van der Waals surface area contributed by atoms with Crippen molar-refractivity contribution in [3.63, 3.8) is 0 Å². The number of likely N-dealkylation sites (tertiary alicyclic amines) is 1. The summed E-state index contributed by atoms with van der Waals surface area (Å²) in [7, 11) is 0. The van der Waals surface area contributed by atoms with Gasteiger partial charge in [-0.25, -0.2) is 4.39 Å². The van der Waals surface area contributed by atoms with Crippen molar-refractivity contribution in [3.05, 3.63) is 35.1 Å². The minimum atomic E-state index is -0.302. The van der Waals surface area contributed by atoms with E-state index in [0.717, 1.165) is 26.1 Å². The zero-order chi connectivity index (χ0) is 13.8. The Morgan fingerprint density at radius 2 is 2.32 bits per heavy atom. The van der Waals surface area contributed by atoms with Crippen LogP contribution in [0.25, 0.3) is 0 Å². The zero-order valence-electron chi connectivity index (χ0n) is 11.6. The summed E-state index contributed by atoms with van der Waals surface area (Å²) in [5, 5.41) is 2.96. The molecule has 3 nitrogen and oxygen atoms in total. The number of benzene rings is 1. The summed E-state index contributed by atoms with van der Waals surface area (Å²) in [4.78, 5) is 14.4. The molecule has 1 aliphatic heterocycles. The first-order chi connectivity index (χ1) is 9.10. The summed E-state index contributed by atoms with van der Waals surface area (Å²) in [5.74, 6) is 0.125. The Bertz CT molecular complexity index is 461. The van der Waals surface area contributed by atoms with Crippen LogP contribution in [-0.4, -0.2) is 37.0 Å². The van der Waals surface area contributed by atoms with Crippen molar-refractivity contribution in [2.24, 2.45) is 5.92 Å². The topological polar surface area (TPSA) is 32.3 Å². The van der Waals surface area contributed by atoms with Crippen LogP contribution in [0, 0.1) is 18.7 Å². The average molecular weight is 264 g/mol. The fourth-order valence-corrected chi connectivity index (χ4v) is 2.58. The molecule has 1 amide bonds. The molecule has 0 spiro atoms. The molecule has 1 heterocycles. The lowest BCUT2D eigenvalue weighted by Gasteiger charge is -2.14. The Hall–Kier alpha value is -1.42. The van der Waals surface area contributed by atoms with Gasteiger partial charge in [-0.3, -0.25) is 4.79 Å². The van der Waals surface area contributed by atoms with Crippen LogP contribution in [0.15, 0.2) is 18.2 Å². The van der Waals surface area contributed by atoms with Gasteiger partial charge in [-0.1, -0.05) is 6.92 Å². The number of nitrogens with zero attached hydrogens (tertiary/aromatic N) is 1. The van der Waals surface area contributed by atoms with E-state index >= 15 is 0 Å². The lowest BCUT2D eigenvalue weighted by Crippen LogP contribution is -2.31. The molecule has 104 valence electrons. The first-order valence-corrected chi connectivity index (χ1v) is 6.87. The largest absolute Gasteiger partial charge is 0.352 e. The molecule has 1 N–H and O–H groups in total. The molecule has 0 radical (unpaired) electrons. The van der Waals surface area contributed by atoms with Crippen molar-refractivity contribution in [2.75, 3.05) is 26.2 Å². The molecule has 0 aromatic heterocycles. The van der Waals surface area contributed by atoms with Gasteiger partial charge in [-0.05, 0) is 56.1 Å². The van der Waals surface area contributed by atoms with Crippen LogP contribution >= 0.6 is 0 Å². The van der Waals surface area contributed by atoms with Gasteiger partial charge in [-0.15, -0.1) is 0 Å². The van der Waals surface area contributed by atoms with Gasteiger partial charge >= 0.3 is 0 Å². The molecule has 4 heteroatoms. The molecule has 1 fully saturated rings. The minimum absolute atomic E-state index is 0.104. The Morgan fingerprint density at radius 1 is 1.53 bits per heavy atom. The van der Waals surface area contributed by atoms with E-state index in [1.807, 2.05) is 0 Å². The second kappa shape index (κ2) is 6.15. The third-order valence-corrected chi connectivity index (χ3v) is 3.80. The van der Waals surface area contributed by atoms with Crippen LogP contribution in [0.4, 0.5) is 4.39 Å². The van der Waals surface area contributed by atoms with Gasteiger partial charge in [0.1, 0.15) is 5.82 Å². The molecule has 1 atom stereocenters. The number of halogens is 1. The molecule has 19 heavy (non-hydrogen) atoms. The SMILES string of the molecule is CCN1CCC(CNC(=O)c2ccc(F)cc2C)C1. The van der Waals surface area contributed by atoms with E-state index in [2.05, 4.69) is 17.1 Å². The Balaban J connectivity index is 1.88. The molecule has 0 aliphatic carbocycles. The quantitative estimate of drug-likeness (QED) is 0.904. The summed E-state index contributed by atoms with van der Waals surface area (Å²) in [6.07, 6.45) is 1.14. The highest BCUT2D eigenvalue weighted by Gasteiger charge is 2.21. The maximum Gasteiger partial charge on any atom is 0.251 e. The van der Waals surface area contributed by atoms with Gasteiger partial charge in [0.2, 0.25) is 0 Å². The van der Waals surface area contributed by atoms with Crippen molar-refractivity contribution in [1.82, 2.24) is 10.2 Å². The number of hydrogen-bond acceptors (Lipinski definition) is 2. The standard InChI is InChI=1S/C15H21FN2O/c1-3-18-7-6-12(10-18)9-17-15(19)14-5-4-13(16)8-11(14)2/h4-5,8,12H,3,6-7,9-10H2,1-2H3,(H,17,19). The monoisotopic (exact) mass is 264 g/mol. The van der Waals surface area contributed by atoms with Gasteiger partial charge in [0.15, 0.2) is 0 Å². The second-order valence-electron chi connectivity index (χ2n) is 5.22. The van der Waals surface area contributed by atoms with Gasteiger partial charge < -0.3 is 10.2 Å². The highest BCUT2D eigenvalue weighted by atomic mass is 19.1. The molecule has 1 saturated heterocycles. The number of rotatable bonds is 4. The van der Waals surface area contributed by atoms with Crippen molar-refractivity contribution in [1.29, 1.82) is 0 Å². The van der Waals surface area contributed by atoms with Crippen molar-refractivity contribution < 1.29 is 9.18 Å². The summed E-state index contributed by atoms with van der Waals surface area (Å²) in [6.45, 7) is 7.86. The van der Waals surface area contributed by atoms with Crippen molar-refractivity contribution in [3.8, 4) is 0 Å². The van der Waals surface area contributed by atoms with Gasteiger partial charge in [0.05, 0.1) is 0 Å². The molecule has 0 saturated carbocycles. The van der Waals surface area contributed by atoms with Gasteiger partial charge in [0, 0.05) is 18.7 Å². The van der Waals surface area contributed by atoms with Crippen LogP contribution < -0.4 is 5.32 Å². The van der Waals surface area contributed by atoms with E-state index in [9.17, 15) is 9.18 Å². The number of carbonyl (C=O) groups is 1.